The number of nitrogens with zero attached hydrogens (tertiary/aromatic N) is 1. The molecule has 0 saturated heterocycles. The van der Waals surface area contributed by atoms with Crippen molar-refractivity contribution < 1.29 is 9.53 Å². The largest absolute Gasteiger partial charge is 0.444 e. The number of aryl methyl sites for hydroxylation is 1. The number of carbonyl (C=O) groups excluding carboxylic acids is 1. The Morgan fingerprint density at radius 1 is 1.33 bits per heavy atom. The molecule has 0 unspecified atom stereocenters. The Balaban J connectivity index is 2.15. The van der Waals surface area contributed by atoms with Gasteiger partial charge in [0.15, 0.2) is 0 Å². The first kappa shape index (κ1) is 14.9. The van der Waals surface area contributed by atoms with Gasteiger partial charge in [-0.3, -0.25) is 10.4 Å². The number of rotatable bonds is 2. The molecule has 2 rings (SSSR count). The summed E-state index contributed by atoms with van der Waals surface area (Å²) in [7, 11) is 0. The van der Waals surface area contributed by atoms with Crippen molar-refractivity contribution in [2.75, 3.05) is 11.1 Å². The lowest BCUT2D eigenvalue weighted by atomic mass is 10.1. The van der Waals surface area contributed by atoms with Crippen LogP contribution in [0.15, 0.2) is 24.3 Å². The molecule has 0 bridgehead atoms. The van der Waals surface area contributed by atoms with Crippen molar-refractivity contribution in [1.82, 2.24) is 10.2 Å². The number of nitrogen functional groups attached to an aromatic ring is 1. The van der Waals surface area contributed by atoms with Crippen LogP contribution in [0.5, 0.6) is 0 Å². The predicted molar refractivity (Wildman–Crippen MR) is 83.0 cm³/mol. The summed E-state index contributed by atoms with van der Waals surface area (Å²) in [5.74, 6) is 0.443. The lowest BCUT2D eigenvalue weighted by molar-refractivity contribution is 0.0636. The van der Waals surface area contributed by atoms with E-state index in [2.05, 4.69) is 15.5 Å². The summed E-state index contributed by atoms with van der Waals surface area (Å²) in [6.07, 6.45) is -0.468. The molecule has 1 heterocycles. The SMILES string of the molecule is Cc1cc(-c2cc(N)n[nH]2)ccc1NC(=O)OC(C)(C)C. The van der Waals surface area contributed by atoms with Gasteiger partial charge in [0.25, 0.3) is 0 Å². The average molecular weight is 288 g/mol. The highest BCUT2D eigenvalue weighted by Crippen LogP contribution is 2.24. The zero-order valence-corrected chi connectivity index (χ0v) is 12.7. The van der Waals surface area contributed by atoms with E-state index in [0.29, 0.717) is 11.5 Å². The topological polar surface area (TPSA) is 93.0 Å². The number of nitrogens with two attached hydrogens (primary N) is 1. The number of anilines is 2. The van der Waals surface area contributed by atoms with Crippen LogP contribution >= 0.6 is 0 Å². The number of H-pyrrole nitrogens is 1. The number of hydrogen-bond acceptors (Lipinski definition) is 4. The number of benzene rings is 1. The molecule has 0 aliphatic carbocycles. The highest BCUT2D eigenvalue weighted by Gasteiger charge is 2.16. The molecule has 0 aliphatic rings. The molecule has 2 aromatic rings. The summed E-state index contributed by atoms with van der Waals surface area (Å²) < 4.78 is 5.23. The van der Waals surface area contributed by atoms with Crippen LogP contribution in [0.4, 0.5) is 16.3 Å². The van der Waals surface area contributed by atoms with Gasteiger partial charge in [0.2, 0.25) is 0 Å². The van der Waals surface area contributed by atoms with Crippen LogP contribution < -0.4 is 11.1 Å². The first-order valence-electron chi connectivity index (χ1n) is 6.66. The van der Waals surface area contributed by atoms with Crippen molar-refractivity contribution in [3.8, 4) is 11.3 Å². The van der Waals surface area contributed by atoms with Crippen molar-refractivity contribution in [3.63, 3.8) is 0 Å². The van der Waals surface area contributed by atoms with Crippen LogP contribution in [0.3, 0.4) is 0 Å². The maximum Gasteiger partial charge on any atom is 0.412 e. The smallest absolute Gasteiger partial charge is 0.412 e. The molecule has 0 fully saturated rings. The number of hydrogen-bond donors (Lipinski definition) is 3. The molecule has 21 heavy (non-hydrogen) atoms. The molecular formula is C15H20N4O2. The van der Waals surface area contributed by atoms with Crippen LogP contribution in [0.2, 0.25) is 0 Å². The summed E-state index contributed by atoms with van der Waals surface area (Å²) in [6, 6.07) is 7.41. The van der Waals surface area contributed by atoms with Crippen LogP contribution in [0.1, 0.15) is 26.3 Å². The van der Waals surface area contributed by atoms with Gasteiger partial charge in [0.1, 0.15) is 11.4 Å². The number of aromatic nitrogens is 2. The monoisotopic (exact) mass is 288 g/mol. The van der Waals surface area contributed by atoms with Gasteiger partial charge < -0.3 is 10.5 Å². The first-order valence-corrected chi connectivity index (χ1v) is 6.66. The Morgan fingerprint density at radius 3 is 2.57 bits per heavy atom. The van der Waals surface area contributed by atoms with E-state index in [-0.39, 0.29) is 0 Å². The van der Waals surface area contributed by atoms with E-state index in [1.54, 1.807) is 6.07 Å². The second-order valence-electron chi connectivity index (χ2n) is 5.86. The first-order chi connectivity index (χ1) is 9.74. The molecule has 0 spiro atoms. The number of amides is 1. The lowest BCUT2D eigenvalue weighted by Gasteiger charge is -2.20. The van der Waals surface area contributed by atoms with Gasteiger partial charge >= 0.3 is 6.09 Å². The normalized spacial score (nSPS) is 11.2. The Labute approximate surface area is 123 Å². The van der Waals surface area contributed by atoms with Crippen molar-refractivity contribution in [2.24, 2.45) is 0 Å². The van der Waals surface area contributed by atoms with Gasteiger partial charge in [-0.05, 0) is 45.4 Å². The Kier molecular flexibility index (Phi) is 3.88. The molecule has 4 N–H and O–H groups in total. The number of ether oxygens (including phenoxy) is 1. The molecule has 0 radical (unpaired) electrons. The van der Waals surface area contributed by atoms with Gasteiger partial charge in [0, 0.05) is 17.3 Å². The number of nitrogens with one attached hydrogen (secondary N) is 2. The molecule has 0 saturated carbocycles. The Bertz CT molecular complexity index is 656. The fourth-order valence-corrected chi connectivity index (χ4v) is 1.87. The van der Waals surface area contributed by atoms with Gasteiger partial charge in [-0.25, -0.2) is 4.79 Å². The maximum atomic E-state index is 11.8. The third kappa shape index (κ3) is 3.98. The molecule has 6 heteroatoms. The third-order valence-electron chi connectivity index (χ3n) is 2.77. The van der Waals surface area contributed by atoms with Crippen molar-refractivity contribution in [2.45, 2.75) is 33.3 Å². The highest BCUT2D eigenvalue weighted by molar-refractivity contribution is 5.86. The standard InChI is InChI=1S/C15H20N4O2/c1-9-7-10(12-8-13(16)19-18-12)5-6-11(9)17-14(20)21-15(2,3)4/h5-8H,1-4H3,(H,17,20)(H3,16,18,19). The van der Waals surface area contributed by atoms with E-state index < -0.39 is 11.7 Å². The van der Waals surface area contributed by atoms with Crippen LogP contribution in [0.25, 0.3) is 11.3 Å². The van der Waals surface area contributed by atoms with Gasteiger partial charge in [-0.1, -0.05) is 6.07 Å². The summed E-state index contributed by atoms with van der Waals surface area (Å²) in [5.41, 5.74) is 8.48. The maximum absolute atomic E-state index is 11.8. The van der Waals surface area contributed by atoms with Crippen molar-refractivity contribution in [3.05, 3.63) is 29.8 Å². The minimum absolute atomic E-state index is 0.443. The second kappa shape index (κ2) is 5.47. The summed E-state index contributed by atoms with van der Waals surface area (Å²) in [5, 5.41) is 9.49. The van der Waals surface area contributed by atoms with Gasteiger partial charge in [-0.2, -0.15) is 5.10 Å². The zero-order chi connectivity index (χ0) is 15.6. The van der Waals surface area contributed by atoms with Crippen LogP contribution in [-0.4, -0.2) is 21.9 Å². The number of aromatic amines is 1. The molecular weight excluding hydrogens is 268 g/mol. The number of carbonyl (C=O) groups is 1. The zero-order valence-electron chi connectivity index (χ0n) is 12.7. The van der Waals surface area contributed by atoms with E-state index in [9.17, 15) is 4.79 Å². The molecule has 0 atom stereocenters. The van der Waals surface area contributed by atoms with Gasteiger partial charge in [0.05, 0.1) is 5.69 Å². The quantitative estimate of drug-likeness (QED) is 0.790. The molecule has 1 aromatic carbocycles. The summed E-state index contributed by atoms with van der Waals surface area (Å²) in [6.45, 7) is 7.39. The third-order valence-corrected chi connectivity index (χ3v) is 2.77. The Morgan fingerprint density at radius 2 is 2.05 bits per heavy atom. The highest BCUT2D eigenvalue weighted by atomic mass is 16.6. The average Bonchev–Trinajstić information content (AvgIpc) is 2.76. The van der Waals surface area contributed by atoms with E-state index in [1.807, 2.05) is 45.9 Å². The summed E-state index contributed by atoms with van der Waals surface area (Å²) in [4.78, 5) is 11.8. The van der Waals surface area contributed by atoms with Crippen molar-refractivity contribution in [1.29, 1.82) is 0 Å². The van der Waals surface area contributed by atoms with E-state index in [1.165, 1.54) is 0 Å². The van der Waals surface area contributed by atoms with Crippen LogP contribution in [-0.2, 0) is 4.74 Å². The Hall–Kier alpha value is -2.50. The van der Waals surface area contributed by atoms with Crippen LogP contribution in [0, 0.1) is 6.92 Å². The molecule has 1 aromatic heterocycles. The van der Waals surface area contributed by atoms with E-state index in [0.717, 1.165) is 16.8 Å². The fourth-order valence-electron chi connectivity index (χ4n) is 1.87. The molecule has 1 amide bonds. The fraction of sp³-hybridized carbons (Fsp3) is 0.333. The summed E-state index contributed by atoms with van der Waals surface area (Å²) >= 11 is 0. The predicted octanol–water partition coefficient (Wildman–Crippen LogP) is 3.31. The minimum Gasteiger partial charge on any atom is -0.444 e. The second-order valence-corrected chi connectivity index (χ2v) is 5.86. The van der Waals surface area contributed by atoms with Gasteiger partial charge in [-0.15, -0.1) is 0 Å². The molecule has 6 nitrogen and oxygen atoms in total. The van der Waals surface area contributed by atoms with E-state index in [4.69, 9.17) is 10.5 Å². The minimum atomic E-state index is -0.522. The lowest BCUT2D eigenvalue weighted by Crippen LogP contribution is -2.27. The molecule has 0 aliphatic heterocycles. The molecule has 112 valence electrons. The van der Waals surface area contributed by atoms with E-state index >= 15 is 0 Å². The van der Waals surface area contributed by atoms with Crippen molar-refractivity contribution >= 4 is 17.6 Å².